The summed E-state index contributed by atoms with van der Waals surface area (Å²) in [5, 5.41) is 20.0. The second-order valence-corrected chi connectivity index (χ2v) is 19.7. The molecule has 0 bridgehead atoms. The molecule has 0 aliphatic heterocycles. The number of aromatic amines is 1. The number of hydrogen-bond donors (Lipinski definition) is 5. The second-order valence-electron chi connectivity index (χ2n) is 19.3. The maximum atomic E-state index is 12.7. The van der Waals surface area contributed by atoms with Gasteiger partial charge in [0.25, 0.3) is 0 Å². The van der Waals surface area contributed by atoms with Crippen LogP contribution in [0.25, 0.3) is 88.5 Å². The Morgan fingerprint density at radius 1 is 0.608 bits per heavy atom. The molecule has 0 unspecified atom stereocenters. The summed E-state index contributed by atoms with van der Waals surface area (Å²) in [6.07, 6.45) is -0.729. The number of nitrogens with two attached hydrogens (primary N) is 2. The highest BCUT2D eigenvalue weighted by Gasteiger charge is 2.28. The molecule has 6 aromatic heterocycles. The third-order valence-corrected chi connectivity index (χ3v) is 14.1. The van der Waals surface area contributed by atoms with Gasteiger partial charge in [0.05, 0.1) is 66.9 Å². The van der Waals surface area contributed by atoms with Gasteiger partial charge < -0.3 is 40.7 Å². The number of H-pyrrole nitrogens is 1. The van der Waals surface area contributed by atoms with E-state index in [-0.39, 0.29) is 22.1 Å². The van der Waals surface area contributed by atoms with Gasteiger partial charge in [0.15, 0.2) is 0 Å². The number of aryl methyl sites for hydroxylation is 9. The first-order valence-electron chi connectivity index (χ1n) is 25.5. The summed E-state index contributed by atoms with van der Waals surface area (Å²) in [5.41, 5.74) is 31.8. The predicted molar refractivity (Wildman–Crippen MR) is 310 cm³/mol. The summed E-state index contributed by atoms with van der Waals surface area (Å²) >= 11 is 6.02. The second kappa shape index (κ2) is 22.2. The van der Waals surface area contributed by atoms with Gasteiger partial charge in [-0.3, -0.25) is 14.5 Å². The monoisotopic (exact) mass is 1090 g/mol. The van der Waals surface area contributed by atoms with Crippen LogP contribution >= 0.6 is 11.6 Å². The van der Waals surface area contributed by atoms with Crippen LogP contribution in [0.5, 0.6) is 0 Å². The Balaban J connectivity index is 0.000000146. The largest absolute Gasteiger partial charge is 0.405 e. The number of nitrogens with one attached hydrogen (secondary N) is 3. The highest BCUT2D eigenvalue weighted by molar-refractivity contribution is 6.34. The van der Waals surface area contributed by atoms with Crippen LogP contribution in [-0.4, -0.2) is 54.3 Å². The van der Waals surface area contributed by atoms with Crippen LogP contribution in [0.3, 0.4) is 0 Å². The lowest BCUT2D eigenvalue weighted by Gasteiger charge is -2.19. The molecule has 5 aromatic carbocycles. The van der Waals surface area contributed by atoms with Gasteiger partial charge in [-0.05, 0) is 169 Å². The quantitative estimate of drug-likeness (QED) is 0.0806. The first-order chi connectivity index (χ1) is 37.7. The van der Waals surface area contributed by atoms with Gasteiger partial charge in [-0.1, -0.05) is 51.3 Å². The molecule has 0 saturated carbocycles. The molecule has 406 valence electrons. The topological polar surface area (TPSA) is 218 Å². The van der Waals surface area contributed by atoms with Crippen LogP contribution in [0.15, 0.2) is 116 Å². The van der Waals surface area contributed by atoms with E-state index in [0.29, 0.717) is 29.2 Å². The minimum atomic E-state index is -4.35. The van der Waals surface area contributed by atoms with Crippen LogP contribution in [-0.2, 0) is 6.54 Å². The average molecular weight is 1090 g/mol. The summed E-state index contributed by atoms with van der Waals surface area (Å²) in [4.78, 5) is 24.8. The Morgan fingerprint density at radius 3 is 1.53 bits per heavy atom. The van der Waals surface area contributed by atoms with Gasteiger partial charge in [0.2, 0.25) is 0 Å². The minimum absolute atomic E-state index is 0.0597. The number of aromatic nitrogens is 7. The van der Waals surface area contributed by atoms with Crippen LogP contribution in [0.4, 0.5) is 35.9 Å². The zero-order valence-corrected chi connectivity index (χ0v) is 46.1. The SMILES string of the molecule is CCNc1c(N)cc(-c2c(C)noc2C)cc1-c1c(C)ccc2ncccc12.CCn1c(=O)[nH]c2cc(-c3c(C)noc3C)cc(-c3c(C)ccc4ncccc34)c21.Cc1noc(C)c1-c1cc(N)c(NCC(F)(F)F)c(Cl)c1. The molecule has 15 nitrogen and oxygen atoms in total. The Morgan fingerprint density at radius 2 is 1.08 bits per heavy atom. The van der Waals surface area contributed by atoms with Crippen molar-refractivity contribution in [1.82, 2.24) is 35.0 Å². The third kappa shape index (κ3) is 10.9. The summed E-state index contributed by atoms with van der Waals surface area (Å²) in [7, 11) is 0. The maximum absolute atomic E-state index is 12.7. The molecule has 0 atom stereocenters. The molecule has 19 heteroatoms. The van der Waals surface area contributed by atoms with Crippen LogP contribution < -0.4 is 27.8 Å². The summed E-state index contributed by atoms with van der Waals surface area (Å²) in [6.45, 7) is 19.6. The van der Waals surface area contributed by atoms with Crippen molar-refractivity contribution >= 4 is 67.2 Å². The lowest BCUT2D eigenvalue weighted by molar-refractivity contribution is -0.115. The fourth-order valence-electron chi connectivity index (χ4n) is 10.4. The van der Waals surface area contributed by atoms with Crippen molar-refractivity contribution in [2.75, 3.05) is 35.2 Å². The van der Waals surface area contributed by atoms with Crippen LogP contribution in [0.1, 0.15) is 59.3 Å². The number of imidazole rings is 1. The first kappa shape index (κ1) is 54.9. The molecule has 11 rings (SSSR count). The van der Waals surface area contributed by atoms with Gasteiger partial charge in [0, 0.05) is 64.1 Å². The van der Waals surface area contributed by atoms with Crippen molar-refractivity contribution in [3.63, 3.8) is 0 Å². The van der Waals surface area contributed by atoms with Crippen molar-refractivity contribution in [3.05, 3.63) is 158 Å². The average Bonchev–Trinajstić information content (AvgIpc) is 4.37. The number of anilines is 4. The zero-order chi connectivity index (χ0) is 56.6. The number of halogens is 4. The zero-order valence-electron chi connectivity index (χ0n) is 45.3. The number of hydrogen-bond acceptors (Lipinski definition) is 13. The van der Waals surface area contributed by atoms with Crippen molar-refractivity contribution in [2.45, 2.75) is 82.0 Å². The Kier molecular flexibility index (Phi) is 15.4. The number of alkyl halides is 3. The van der Waals surface area contributed by atoms with E-state index in [9.17, 15) is 18.0 Å². The highest BCUT2D eigenvalue weighted by atomic mass is 35.5. The van der Waals surface area contributed by atoms with E-state index in [0.717, 1.165) is 124 Å². The van der Waals surface area contributed by atoms with E-state index in [4.69, 9.17) is 36.6 Å². The number of rotatable bonds is 10. The van der Waals surface area contributed by atoms with Crippen molar-refractivity contribution < 1.29 is 26.7 Å². The van der Waals surface area contributed by atoms with Gasteiger partial charge in [-0.2, -0.15) is 13.2 Å². The fraction of sp³-hybridized carbons (Fsp3) is 0.233. The lowest BCUT2D eigenvalue weighted by atomic mass is 9.90. The normalized spacial score (nSPS) is 11.5. The van der Waals surface area contributed by atoms with Crippen molar-refractivity contribution in [3.8, 4) is 55.6 Å². The van der Waals surface area contributed by atoms with E-state index in [2.05, 4.69) is 104 Å². The summed E-state index contributed by atoms with van der Waals surface area (Å²) < 4.78 is 54.4. The van der Waals surface area contributed by atoms with Crippen LogP contribution in [0.2, 0.25) is 5.02 Å². The van der Waals surface area contributed by atoms with Gasteiger partial charge >= 0.3 is 11.9 Å². The summed E-state index contributed by atoms with van der Waals surface area (Å²) in [5.74, 6) is 2.13. The number of nitrogen functional groups attached to an aromatic ring is 2. The molecule has 0 saturated heterocycles. The molecular formula is C60H59ClF3N11O4. The molecule has 7 N–H and O–H groups in total. The Hall–Kier alpha value is -8.90. The van der Waals surface area contributed by atoms with Crippen LogP contribution in [0, 0.1) is 55.4 Å². The van der Waals surface area contributed by atoms with Crippen molar-refractivity contribution in [1.29, 1.82) is 0 Å². The fourth-order valence-corrected chi connectivity index (χ4v) is 10.7. The lowest BCUT2D eigenvalue weighted by Crippen LogP contribution is -2.22. The standard InChI is InChI=1S/C24H22N4O2.C23H24N4O.C13H13ClF3N3O/c1-5-28-23-18(21-13(2)8-9-19-17(21)7-6-10-25-19)11-16(12-20(23)26-24(28)29)22-14(3)27-30-15(22)4;1-5-25-23-18(21-13(2)8-9-20-17(21)7-6-10-26-20)11-16(12-19(23)24)22-14(3)27-28-15(22)4;1-6-11(7(2)21-20-6)8-3-9(14)12(10(18)4-8)19-5-13(15,16)17/h6-12H,5H2,1-4H3,(H,26,29);6-12,25H,5,24H2,1-4H3;3-4,19H,5,18H2,1-2H3. The number of pyridine rings is 2. The molecule has 0 radical (unpaired) electrons. The van der Waals surface area contributed by atoms with Gasteiger partial charge in [-0.15, -0.1) is 0 Å². The Labute approximate surface area is 458 Å². The molecule has 11 aromatic rings. The van der Waals surface area contributed by atoms with Gasteiger partial charge in [0.1, 0.15) is 23.8 Å². The van der Waals surface area contributed by atoms with E-state index in [1.54, 1.807) is 24.6 Å². The first-order valence-corrected chi connectivity index (χ1v) is 25.9. The number of benzene rings is 5. The number of fused-ring (bicyclic) bond motifs is 3. The molecule has 79 heavy (non-hydrogen) atoms. The van der Waals surface area contributed by atoms with E-state index >= 15 is 0 Å². The molecule has 0 amide bonds. The molecule has 6 heterocycles. The molecule has 0 aliphatic carbocycles. The summed E-state index contributed by atoms with van der Waals surface area (Å²) in [6, 6.07) is 27.8. The molecular weight excluding hydrogens is 1030 g/mol. The predicted octanol–water partition coefficient (Wildman–Crippen LogP) is 14.8. The molecule has 0 aliphatic rings. The molecule has 0 spiro atoms. The van der Waals surface area contributed by atoms with E-state index in [1.807, 2.05) is 71.1 Å². The Bertz CT molecular complexity index is 4070. The van der Waals surface area contributed by atoms with E-state index in [1.165, 1.54) is 17.7 Å². The van der Waals surface area contributed by atoms with E-state index < -0.39 is 12.7 Å². The smallest absolute Gasteiger partial charge is 0.397 e. The highest BCUT2D eigenvalue weighted by Crippen LogP contribution is 2.44. The minimum Gasteiger partial charge on any atom is -0.397 e. The van der Waals surface area contributed by atoms with Crippen molar-refractivity contribution in [2.24, 2.45) is 0 Å². The maximum Gasteiger partial charge on any atom is 0.405 e. The third-order valence-electron chi connectivity index (χ3n) is 13.8. The molecule has 0 fully saturated rings. The number of nitrogens with zero attached hydrogens (tertiary/aromatic N) is 6. The van der Waals surface area contributed by atoms with Gasteiger partial charge in [-0.25, -0.2) is 4.79 Å².